The molecule has 2 heterocycles. The summed E-state index contributed by atoms with van der Waals surface area (Å²) in [6.45, 7) is 6.04. The molecule has 2 N–H and O–H groups in total. The molecule has 5 nitrogen and oxygen atoms in total. The summed E-state index contributed by atoms with van der Waals surface area (Å²) in [5.74, 6) is 1.47. The molecule has 0 aliphatic carbocycles. The molecule has 2 rings (SSSR count). The number of carbonyl (C=O) groups excluding carboxylic acids is 1. The first-order valence-electron chi connectivity index (χ1n) is 9.27. The molecular weight excluding hydrogens is 401 g/mol. The molecule has 0 aromatic heterocycles. The molecule has 160 valence electrons. The fourth-order valence-electron chi connectivity index (χ4n) is 3.39. The Morgan fingerprint density at radius 2 is 1.93 bits per heavy atom. The van der Waals surface area contributed by atoms with E-state index in [9.17, 15) is 18.0 Å². The number of amides is 1. The second-order valence-corrected chi connectivity index (χ2v) is 8.31. The Kier molecular flexibility index (Phi) is 7.86. The quantitative estimate of drug-likeness (QED) is 0.520. The van der Waals surface area contributed by atoms with E-state index in [-0.39, 0.29) is 0 Å². The van der Waals surface area contributed by atoms with Gasteiger partial charge in [0.25, 0.3) is 5.91 Å². The lowest BCUT2D eigenvalue weighted by molar-refractivity contribution is -0.118. The molecule has 0 saturated carbocycles. The lowest BCUT2D eigenvalue weighted by atomic mass is 10.1. The predicted octanol–water partition coefficient (Wildman–Crippen LogP) is 2.39. The van der Waals surface area contributed by atoms with Crippen molar-refractivity contribution in [3.63, 3.8) is 0 Å². The maximum atomic E-state index is 13.5. The van der Waals surface area contributed by atoms with Crippen molar-refractivity contribution in [3.05, 3.63) is 33.9 Å². The van der Waals surface area contributed by atoms with Gasteiger partial charge in [-0.3, -0.25) is 9.69 Å². The van der Waals surface area contributed by atoms with Crippen LogP contribution in [0.5, 0.6) is 0 Å². The number of terminal acetylenes is 1. The van der Waals surface area contributed by atoms with Crippen molar-refractivity contribution in [3.8, 4) is 12.3 Å². The average molecular weight is 429 g/mol. The largest absolute Gasteiger partial charge is 0.432 e. The molecule has 0 radical (unpaired) electrons. The lowest BCUT2D eigenvalue weighted by Crippen LogP contribution is -2.45. The first-order chi connectivity index (χ1) is 13.6. The molecule has 0 aromatic rings. The van der Waals surface area contributed by atoms with E-state index in [1.807, 2.05) is 12.2 Å². The number of thioether (sulfide) groups is 1. The summed E-state index contributed by atoms with van der Waals surface area (Å²) in [6, 6.07) is 0. The molecule has 0 spiro atoms. The van der Waals surface area contributed by atoms with Gasteiger partial charge in [0.1, 0.15) is 16.0 Å². The number of alkyl halides is 3. The van der Waals surface area contributed by atoms with E-state index in [1.165, 1.54) is 7.05 Å². The number of piperazine rings is 1. The monoisotopic (exact) mass is 428 g/mol. The molecule has 9 heteroatoms. The number of halogens is 3. The highest BCUT2D eigenvalue weighted by atomic mass is 32.2. The van der Waals surface area contributed by atoms with Crippen LogP contribution in [0.1, 0.15) is 13.3 Å². The summed E-state index contributed by atoms with van der Waals surface area (Å²) >= 11 is 0.852. The highest BCUT2D eigenvalue weighted by Crippen LogP contribution is 2.47. The number of nitrogens with zero attached hydrogens (tertiary/aromatic N) is 3. The summed E-state index contributed by atoms with van der Waals surface area (Å²) in [4.78, 5) is 16.8. The van der Waals surface area contributed by atoms with E-state index in [0.717, 1.165) is 54.0 Å². The van der Waals surface area contributed by atoms with Crippen LogP contribution in [-0.2, 0) is 4.79 Å². The van der Waals surface area contributed by atoms with Crippen LogP contribution in [-0.4, -0.2) is 79.0 Å². The number of primary amides is 1. The fraction of sp³-hybridized carbons (Fsp3) is 0.550. The van der Waals surface area contributed by atoms with Gasteiger partial charge in [-0.25, -0.2) is 0 Å². The van der Waals surface area contributed by atoms with Gasteiger partial charge in [0.15, 0.2) is 0 Å². The van der Waals surface area contributed by atoms with Gasteiger partial charge in [0.2, 0.25) is 0 Å². The third-order valence-corrected chi connectivity index (χ3v) is 6.59. The molecule has 29 heavy (non-hydrogen) atoms. The van der Waals surface area contributed by atoms with E-state index >= 15 is 0 Å². The van der Waals surface area contributed by atoms with Crippen LogP contribution in [0.15, 0.2) is 33.9 Å². The standard InChI is InChI=1S/C20H27F3N4OS/c1-5-6-7-8-15(13-27-11-9-25(3)10-12-27)14(2)19-26(4)17(20(21,22)23)16(29-19)18(24)28/h1,7-8,19H,6,9-13H2,2-4H3,(H2,24,28)/b8-7-,15-14-. The highest BCUT2D eigenvalue weighted by Gasteiger charge is 2.48. The molecule has 2 aliphatic heterocycles. The van der Waals surface area contributed by atoms with Gasteiger partial charge in [-0.1, -0.05) is 23.9 Å². The van der Waals surface area contributed by atoms with Crippen LogP contribution in [0.25, 0.3) is 0 Å². The molecule has 2 aliphatic rings. The zero-order valence-corrected chi connectivity index (χ0v) is 17.7. The zero-order valence-electron chi connectivity index (χ0n) is 16.9. The second-order valence-electron chi connectivity index (χ2n) is 7.22. The highest BCUT2D eigenvalue weighted by molar-refractivity contribution is 8.05. The van der Waals surface area contributed by atoms with E-state index in [2.05, 4.69) is 22.8 Å². The molecule has 0 aromatic carbocycles. The Balaban J connectivity index is 2.33. The number of carbonyl (C=O) groups is 1. The van der Waals surface area contributed by atoms with E-state index in [4.69, 9.17) is 12.2 Å². The zero-order chi connectivity index (χ0) is 21.8. The van der Waals surface area contributed by atoms with Crippen LogP contribution in [0.3, 0.4) is 0 Å². The molecule has 1 fully saturated rings. The smallest absolute Gasteiger partial charge is 0.365 e. The lowest BCUT2D eigenvalue weighted by Gasteiger charge is -2.34. The normalized spacial score (nSPS) is 22.9. The van der Waals surface area contributed by atoms with Crippen molar-refractivity contribution >= 4 is 17.7 Å². The summed E-state index contributed by atoms with van der Waals surface area (Å²) in [7, 11) is 3.41. The summed E-state index contributed by atoms with van der Waals surface area (Å²) in [5.41, 5.74) is 5.91. The van der Waals surface area contributed by atoms with Crippen molar-refractivity contribution in [1.29, 1.82) is 0 Å². The first kappa shape index (κ1) is 23.4. The Labute approximate surface area is 174 Å². The third-order valence-electron chi connectivity index (χ3n) is 5.06. The molecule has 1 amide bonds. The van der Waals surface area contributed by atoms with Crippen LogP contribution in [0, 0.1) is 12.3 Å². The van der Waals surface area contributed by atoms with Crippen molar-refractivity contribution in [2.45, 2.75) is 24.9 Å². The molecule has 0 bridgehead atoms. The minimum absolute atomic E-state index is 0.436. The topological polar surface area (TPSA) is 52.8 Å². The number of allylic oxidation sites excluding steroid dienone is 2. The van der Waals surface area contributed by atoms with Gasteiger partial charge in [-0.2, -0.15) is 13.2 Å². The van der Waals surface area contributed by atoms with Crippen molar-refractivity contribution in [2.75, 3.05) is 46.8 Å². The van der Waals surface area contributed by atoms with Gasteiger partial charge in [0.05, 0.1) is 0 Å². The van der Waals surface area contributed by atoms with Gasteiger partial charge in [-0.05, 0) is 25.1 Å². The van der Waals surface area contributed by atoms with Crippen molar-refractivity contribution < 1.29 is 18.0 Å². The van der Waals surface area contributed by atoms with Crippen LogP contribution >= 0.6 is 11.8 Å². The second kappa shape index (κ2) is 9.74. The Morgan fingerprint density at radius 1 is 1.31 bits per heavy atom. The molecule has 1 unspecified atom stereocenters. The summed E-state index contributed by atoms with van der Waals surface area (Å²) in [5, 5.41) is -0.660. The summed E-state index contributed by atoms with van der Waals surface area (Å²) < 4.78 is 40.6. The number of rotatable bonds is 6. The van der Waals surface area contributed by atoms with Gasteiger partial charge < -0.3 is 15.5 Å². The first-order valence-corrected chi connectivity index (χ1v) is 10.2. The Bertz CT molecular complexity index is 759. The van der Waals surface area contributed by atoms with Crippen molar-refractivity contribution in [2.24, 2.45) is 5.73 Å². The van der Waals surface area contributed by atoms with Gasteiger partial charge in [0, 0.05) is 46.2 Å². The van der Waals surface area contributed by atoms with E-state index in [1.54, 1.807) is 6.92 Å². The van der Waals surface area contributed by atoms with E-state index < -0.39 is 28.1 Å². The number of nitrogens with two attached hydrogens (primary N) is 1. The van der Waals surface area contributed by atoms with E-state index in [0.29, 0.717) is 13.0 Å². The number of hydrogen-bond acceptors (Lipinski definition) is 5. The predicted molar refractivity (Wildman–Crippen MR) is 111 cm³/mol. The maximum Gasteiger partial charge on any atom is 0.432 e. The SMILES string of the molecule is C#CC/C=C\C(CN1CCN(C)CC1)=C(/C)C1SC(C(N)=O)=C(C(F)(F)F)N1C. The van der Waals surface area contributed by atoms with Crippen molar-refractivity contribution in [1.82, 2.24) is 14.7 Å². The average Bonchev–Trinajstić information content (AvgIpc) is 3.00. The Morgan fingerprint density at radius 3 is 2.41 bits per heavy atom. The van der Waals surface area contributed by atoms with Crippen LogP contribution in [0.2, 0.25) is 0 Å². The van der Waals surface area contributed by atoms with Crippen LogP contribution < -0.4 is 5.73 Å². The van der Waals surface area contributed by atoms with Crippen LogP contribution in [0.4, 0.5) is 13.2 Å². The number of hydrogen-bond donors (Lipinski definition) is 1. The minimum Gasteiger partial charge on any atom is -0.365 e. The summed E-state index contributed by atoms with van der Waals surface area (Å²) in [6.07, 6.45) is 4.83. The molecular formula is C20H27F3N4OS. The third kappa shape index (κ3) is 5.81. The maximum absolute atomic E-state index is 13.5. The number of likely N-dealkylation sites (N-methyl/N-ethyl adjacent to an activating group) is 2. The molecule has 1 saturated heterocycles. The van der Waals surface area contributed by atoms with Gasteiger partial charge >= 0.3 is 6.18 Å². The molecule has 1 atom stereocenters. The van der Waals surface area contributed by atoms with Gasteiger partial charge in [-0.15, -0.1) is 12.3 Å². The minimum atomic E-state index is -4.65. The fourth-order valence-corrected chi connectivity index (χ4v) is 4.69. The Hall–Kier alpha value is -1.89.